The Kier molecular flexibility index (Phi) is 7.90. The lowest BCUT2D eigenvalue weighted by molar-refractivity contribution is -0.173. The van der Waals surface area contributed by atoms with E-state index < -0.39 is 33.9 Å². The number of imidazole rings is 1. The molecule has 0 bridgehead atoms. The van der Waals surface area contributed by atoms with Gasteiger partial charge in [0.25, 0.3) is 0 Å². The summed E-state index contributed by atoms with van der Waals surface area (Å²) in [4.78, 5) is 8.04. The Morgan fingerprint density at radius 1 is 1.05 bits per heavy atom. The summed E-state index contributed by atoms with van der Waals surface area (Å²) in [6, 6.07) is 12.8. The molecule has 0 fully saturated rings. The van der Waals surface area contributed by atoms with Crippen molar-refractivity contribution in [1.82, 2.24) is 18.8 Å². The van der Waals surface area contributed by atoms with E-state index in [-0.39, 0.29) is 53.0 Å². The first-order valence-electron chi connectivity index (χ1n) is 12.8. The van der Waals surface area contributed by atoms with Crippen molar-refractivity contribution in [2.24, 2.45) is 5.92 Å². The molecule has 1 N–H and O–H groups in total. The lowest BCUT2D eigenvalue weighted by Crippen LogP contribution is -2.26. The van der Waals surface area contributed by atoms with Crippen LogP contribution in [0.15, 0.2) is 71.9 Å². The van der Waals surface area contributed by atoms with Crippen LogP contribution in [0.2, 0.25) is 0 Å². The Bertz CT molecular complexity index is 1700. The second kappa shape index (κ2) is 11.2. The number of anilines is 2. The number of sulfonamides is 1. The van der Waals surface area contributed by atoms with Crippen molar-refractivity contribution in [2.75, 3.05) is 19.5 Å². The summed E-state index contributed by atoms with van der Waals surface area (Å²) in [7, 11) is -1.15. The molecular formula is C28H25F6N5O3S. The van der Waals surface area contributed by atoms with E-state index in [4.69, 9.17) is 4.74 Å². The number of pyridine rings is 1. The molecule has 8 nitrogen and oxygen atoms in total. The van der Waals surface area contributed by atoms with Crippen molar-refractivity contribution < 1.29 is 39.5 Å². The van der Waals surface area contributed by atoms with Crippen LogP contribution in [0.1, 0.15) is 17.0 Å². The van der Waals surface area contributed by atoms with Crippen LogP contribution in [0.4, 0.5) is 37.8 Å². The summed E-state index contributed by atoms with van der Waals surface area (Å²) in [6.07, 6.45) is -7.27. The number of benzene rings is 2. The molecular weight excluding hydrogens is 600 g/mol. The van der Waals surface area contributed by atoms with Gasteiger partial charge in [-0.25, -0.2) is 18.4 Å². The number of alkyl halides is 6. The molecule has 2 aromatic carbocycles. The third-order valence-corrected chi connectivity index (χ3v) is 8.86. The summed E-state index contributed by atoms with van der Waals surface area (Å²) in [5.74, 6) is -0.763. The number of halogens is 6. The van der Waals surface area contributed by atoms with Crippen LogP contribution in [0, 0.1) is 5.92 Å². The number of hydrogen-bond donors (Lipinski definition) is 1. The predicted molar refractivity (Wildman–Crippen MR) is 145 cm³/mol. The molecule has 1 aliphatic heterocycles. The Labute approximate surface area is 243 Å². The fourth-order valence-corrected chi connectivity index (χ4v) is 5.86. The van der Waals surface area contributed by atoms with E-state index in [9.17, 15) is 34.8 Å². The molecule has 0 saturated heterocycles. The fraction of sp³-hybridized carbons (Fsp3) is 0.286. The monoisotopic (exact) mass is 625 g/mol. The maximum atomic E-state index is 13.5. The van der Waals surface area contributed by atoms with Crippen molar-refractivity contribution in [3.8, 4) is 17.0 Å². The molecule has 43 heavy (non-hydrogen) atoms. The Morgan fingerprint density at radius 3 is 2.35 bits per heavy atom. The minimum Gasteiger partial charge on any atom is -0.497 e. The number of nitrogens with one attached hydrogen (secondary N) is 1. The average Bonchev–Trinajstić information content (AvgIpc) is 3.53. The largest absolute Gasteiger partial charge is 0.497 e. The van der Waals surface area contributed by atoms with Crippen LogP contribution in [-0.2, 0) is 35.7 Å². The van der Waals surface area contributed by atoms with Crippen LogP contribution in [-0.4, -0.2) is 47.6 Å². The molecule has 0 amide bonds. The van der Waals surface area contributed by atoms with E-state index in [1.807, 2.05) is 0 Å². The van der Waals surface area contributed by atoms with E-state index in [0.717, 1.165) is 16.4 Å². The van der Waals surface area contributed by atoms with E-state index in [0.29, 0.717) is 17.5 Å². The lowest BCUT2D eigenvalue weighted by Gasteiger charge is -2.19. The highest BCUT2D eigenvalue weighted by Crippen LogP contribution is 2.38. The molecule has 0 spiro atoms. The van der Waals surface area contributed by atoms with Crippen LogP contribution >= 0.6 is 0 Å². The Balaban J connectivity index is 1.49. The first-order chi connectivity index (χ1) is 20.1. The normalized spacial score (nSPS) is 15.5. The van der Waals surface area contributed by atoms with Gasteiger partial charge in [-0.05, 0) is 48.0 Å². The van der Waals surface area contributed by atoms with Crippen molar-refractivity contribution in [3.63, 3.8) is 0 Å². The van der Waals surface area contributed by atoms with Crippen molar-refractivity contribution >= 4 is 21.5 Å². The van der Waals surface area contributed by atoms with Gasteiger partial charge in [0.05, 0.1) is 29.2 Å². The Morgan fingerprint density at radius 2 is 1.77 bits per heavy atom. The Hall–Kier alpha value is -4.11. The third-order valence-electron chi connectivity index (χ3n) is 7.06. The van der Waals surface area contributed by atoms with Gasteiger partial charge in [0.1, 0.15) is 17.4 Å². The number of aromatic nitrogens is 3. The molecule has 1 aliphatic rings. The maximum absolute atomic E-state index is 13.5. The SMILES string of the molecule is COc1ccc(CN(C)S(=O)(=O)c2ccc(Nc3ccc(C(F)(F)F)cn3)c(-c3cn4c(n3)CC(C(F)(F)F)C4)c2)cc1. The number of rotatable bonds is 8. The topological polar surface area (TPSA) is 89.4 Å². The molecule has 3 heterocycles. The summed E-state index contributed by atoms with van der Waals surface area (Å²) in [6.45, 7) is -0.299. The van der Waals surface area contributed by atoms with Gasteiger partial charge in [0.15, 0.2) is 0 Å². The highest BCUT2D eigenvalue weighted by Gasteiger charge is 2.44. The number of nitrogens with zero attached hydrogens (tertiary/aromatic N) is 4. The average molecular weight is 626 g/mol. The van der Waals surface area contributed by atoms with E-state index >= 15 is 0 Å². The quantitative estimate of drug-likeness (QED) is 0.232. The van der Waals surface area contributed by atoms with Crippen molar-refractivity contribution in [3.05, 3.63) is 83.9 Å². The van der Waals surface area contributed by atoms with Crippen molar-refractivity contribution in [1.29, 1.82) is 0 Å². The van der Waals surface area contributed by atoms with Gasteiger partial charge in [-0.15, -0.1) is 0 Å². The number of ether oxygens (including phenoxy) is 1. The van der Waals surface area contributed by atoms with Crippen LogP contribution < -0.4 is 10.1 Å². The first kappa shape index (κ1) is 30.4. The molecule has 0 aliphatic carbocycles. The molecule has 228 valence electrons. The van der Waals surface area contributed by atoms with Gasteiger partial charge < -0.3 is 14.6 Å². The second-order valence-electron chi connectivity index (χ2n) is 10.0. The van der Waals surface area contributed by atoms with Crippen LogP contribution in [0.5, 0.6) is 5.75 Å². The van der Waals surface area contributed by atoms with Gasteiger partial charge in [-0.1, -0.05) is 12.1 Å². The maximum Gasteiger partial charge on any atom is 0.417 e. The number of hydrogen-bond acceptors (Lipinski definition) is 6. The summed E-state index contributed by atoms with van der Waals surface area (Å²) < 4.78 is 114. The molecule has 4 aromatic rings. The van der Waals surface area contributed by atoms with Gasteiger partial charge in [-0.2, -0.15) is 30.6 Å². The van der Waals surface area contributed by atoms with E-state index in [1.165, 1.54) is 43.1 Å². The number of methoxy groups -OCH3 is 1. The van der Waals surface area contributed by atoms with Crippen molar-refractivity contribution in [2.45, 2.75) is 36.8 Å². The van der Waals surface area contributed by atoms with E-state index in [2.05, 4.69) is 15.3 Å². The van der Waals surface area contributed by atoms with Gasteiger partial charge >= 0.3 is 12.4 Å². The molecule has 15 heteroatoms. The molecule has 0 saturated carbocycles. The number of fused-ring (bicyclic) bond motifs is 1. The van der Waals surface area contributed by atoms with Gasteiger partial charge in [0.2, 0.25) is 10.0 Å². The smallest absolute Gasteiger partial charge is 0.417 e. The fourth-order valence-electron chi connectivity index (χ4n) is 4.68. The first-order valence-corrected chi connectivity index (χ1v) is 14.3. The second-order valence-corrected chi connectivity index (χ2v) is 12.1. The minimum absolute atomic E-state index is 0.0327. The molecule has 5 rings (SSSR count). The molecule has 2 aromatic heterocycles. The molecule has 0 radical (unpaired) electrons. The van der Waals surface area contributed by atoms with Gasteiger partial charge in [0, 0.05) is 50.2 Å². The summed E-state index contributed by atoms with van der Waals surface area (Å²) >= 11 is 0. The van der Waals surface area contributed by atoms with Crippen LogP contribution in [0.25, 0.3) is 11.3 Å². The zero-order chi connectivity index (χ0) is 31.2. The van der Waals surface area contributed by atoms with Crippen LogP contribution in [0.3, 0.4) is 0 Å². The highest BCUT2D eigenvalue weighted by atomic mass is 32.2. The lowest BCUT2D eigenvalue weighted by atomic mass is 10.1. The molecule has 1 unspecified atom stereocenters. The minimum atomic E-state index is -4.59. The highest BCUT2D eigenvalue weighted by molar-refractivity contribution is 7.89. The van der Waals surface area contributed by atoms with Gasteiger partial charge in [-0.3, -0.25) is 0 Å². The third kappa shape index (κ3) is 6.46. The molecule has 1 atom stereocenters. The van der Waals surface area contributed by atoms with E-state index in [1.54, 1.807) is 24.3 Å². The zero-order valence-corrected chi connectivity index (χ0v) is 23.6. The predicted octanol–water partition coefficient (Wildman–Crippen LogP) is 6.27. The zero-order valence-electron chi connectivity index (χ0n) is 22.7. The summed E-state index contributed by atoms with van der Waals surface area (Å²) in [5, 5.41) is 2.88. The summed E-state index contributed by atoms with van der Waals surface area (Å²) in [5.41, 5.74) is 0.395. The standard InChI is InChI=1S/C28H25F6N5O3S/c1-38(14-17-3-6-20(42-2)7-4-17)43(40,41)21-8-9-23(36-25-10-5-18(13-35-25)27(29,30)31)22(12-21)24-16-39-15-19(28(32,33)34)11-26(39)37-24/h3-10,12-13,16,19H,11,14-15H2,1-2H3,(H,35,36).